The van der Waals surface area contributed by atoms with Crippen LogP contribution >= 0.6 is 0 Å². The highest BCUT2D eigenvalue weighted by atomic mass is 16.5. The van der Waals surface area contributed by atoms with Gasteiger partial charge in [-0.05, 0) is 74.1 Å². The summed E-state index contributed by atoms with van der Waals surface area (Å²) in [5.41, 5.74) is 3.17. The molecule has 1 fully saturated rings. The Labute approximate surface area is 158 Å². The molecule has 1 aliphatic carbocycles. The van der Waals surface area contributed by atoms with E-state index in [0.29, 0.717) is 18.2 Å². The Hall–Kier alpha value is -2.82. The molecule has 1 amide bonds. The highest BCUT2D eigenvalue weighted by Crippen LogP contribution is 2.33. The maximum atomic E-state index is 12.8. The average Bonchev–Trinajstić information content (AvgIpc) is 3.29. The molecule has 1 saturated carbocycles. The van der Waals surface area contributed by atoms with Gasteiger partial charge in [-0.15, -0.1) is 0 Å². The van der Waals surface area contributed by atoms with Crippen LogP contribution in [-0.2, 0) is 11.3 Å². The molecule has 0 aromatic heterocycles. The van der Waals surface area contributed by atoms with Crippen molar-refractivity contribution in [2.75, 3.05) is 4.90 Å². The Morgan fingerprint density at radius 1 is 1.15 bits per heavy atom. The van der Waals surface area contributed by atoms with Crippen LogP contribution in [-0.4, -0.2) is 23.1 Å². The van der Waals surface area contributed by atoms with Gasteiger partial charge in [-0.3, -0.25) is 9.59 Å². The van der Waals surface area contributed by atoms with Crippen LogP contribution in [0.3, 0.4) is 0 Å². The third-order valence-corrected chi connectivity index (χ3v) is 5.56. The van der Waals surface area contributed by atoms with E-state index in [9.17, 15) is 9.59 Å². The Morgan fingerprint density at radius 3 is 2.52 bits per heavy atom. The summed E-state index contributed by atoms with van der Waals surface area (Å²) >= 11 is 0. The molecule has 2 aromatic rings. The first-order chi connectivity index (χ1) is 13.0. The molecule has 0 spiro atoms. The number of carbonyl (C=O) groups is 2. The second kappa shape index (κ2) is 7.06. The van der Waals surface area contributed by atoms with E-state index in [2.05, 4.69) is 0 Å². The maximum absolute atomic E-state index is 12.8. The Morgan fingerprint density at radius 2 is 1.85 bits per heavy atom. The first-order valence-electron chi connectivity index (χ1n) is 9.47. The fourth-order valence-electron chi connectivity index (χ4n) is 3.86. The number of rotatable bonds is 5. The van der Waals surface area contributed by atoms with Gasteiger partial charge < -0.3 is 14.7 Å². The lowest BCUT2D eigenvalue weighted by molar-refractivity contribution is -0.138. The van der Waals surface area contributed by atoms with Crippen LogP contribution in [0.1, 0.15) is 60.0 Å². The number of carbonyl (C=O) groups excluding carboxylic acids is 1. The standard InChI is InChI=1S/C22H23NO4/c1-14(22(25)26)15-6-8-17(9-7-15)23-13-16-12-19(10-11-20(16)21(23)24)27-18-4-2-3-5-18/h6-12,14,18H,2-5,13H2,1H3,(H,25,26). The third kappa shape index (κ3) is 3.42. The van der Waals surface area contributed by atoms with Crippen molar-refractivity contribution in [3.8, 4) is 5.75 Å². The minimum atomic E-state index is -0.859. The zero-order valence-corrected chi connectivity index (χ0v) is 15.4. The van der Waals surface area contributed by atoms with Gasteiger partial charge in [0.2, 0.25) is 0 Å². The SMILES string of the molecule is CC(C(=O)O)c1ccc(N2Cc3cc(OC4CCCC4)ccc3C2=O)cc1. The molecule has 0 saturated heterocycles. The van der Waals surface area contributed by atoms with Crippen molar-refractivity contribution in [3.63, 3.8) is 0 Å². The van der Waals surface area contributed by atoms with Gasteiger partial charge in [0.25, 0.3) is 5.91 Å². The largest absolute Gasteiger partial charge is 0.490 e. The highest BCUT2D eigenvalue weighted by molar-refractivity contribution is 6.10. The molecule has 2 aromatic carbocycles. The van der Waals surface area contributed by atoms with Crippen LogP contribution in [0.15, 0.2) is 42.5 Å². The van der Waals surface area contributed by atoms with E-state index in [0.717, 1.165) is 35.4 Å². The summed E-state index contributed by atoms with van der Waals surface area (Å²) < 4.78 is 6.06. The molecule has 27 heavy (non-hydrogen) atoms. The third-order valence-electron chi connectivity index (χ3n) is 5.56. The van der Waals surface area contributed by atoms with E-state index in [1.54, 1.807) is 24.0 Å². The number of carboxylic acid groups (broad SMARTS) is 1. The normalized spacial score (nSPS) is 17.8. The minimum Gasteiger partial charge on any atom is -0.490 e. The van der Waals surface area contributed by atoms with Crippen molar-refractivity contribution in [3.05, 3.63) is 59.2 Å². The molecule has 4 rings (SSSR count). The molecular formula is C22H23NO4. The fourth-order valence-corrected chi connectivity index (χ4v) is 3.86. The lowest BCUT2D eigenvalue weighted by Gasteiger charge is -2.17. The molecule has 0 bridgehead atoms. The van der Waals surface area contributed by atoms with Crippen LogP contribution in [0.2, 0.25) is 0 Å². The molecule has 5 heteroatoms. The van der Waals surface area contributed by atoms with Crippen molar-refractivity contribution < 1.29 is 19.4 Å². The summed E-state index contributed by atoms with van der Waals surface area (Å²) in [4.78, 5) is 25.6. The van der Waals surface area contributed by atoms with Crippen molar-refractivity contribution in [1.29, 1.82) is 0 Å². The van der Waals surface area contributed by atoms with E-state index in [4.69, 9.17) is 9.84 Å². The van der Waals surface area contributed by atoms with Gasteiger partial charge in [0, 0.05) is 11.3 Å². The number of ether oxygens (including phenoxy) is 1. The van der Waals surface area contributed by atoms with E-state index >= 15 is 0 Å². The van der Waals surface area contributed by atoms with Gasteiger partial charge in [0.05, 0.1) is 18.6 Å². The number of aliphatic carboxylic acids is 1. The number of carboxylic acids is 1. The predicted octanol–water partition coefficient (Wildman–Crippen LogP) is 4.36. The quantitative estimate of drug-likeness (QED) is 0.855. The molecule has 1 heterocycles. The summed E-state index contributed by atoms with van der Waals surface area (Å²) in [6, 6.07) is 12.9. The van der Waals surface area contributed by atoms with Gasteiger partial charge in [-0.2, -0.15) is 0 Å². The zero-order valence-electron chi connectivity index (χ0n) is 15.4. The van der Waals surface area contributed by atoms with Gasteiger partial charge in [-0.1, -0.05) is 12.1 Å². The molecule has 2 aliphatic rings. The summed E-state index contributed by atoms with van der Waals surface area (Å²) in [6.45, 7) is 2.16. The monoisotopic (exact) mass is 365 g/mol. The van der Waals surface area contributed by atoms with Crippen LogP contribution in [0.25, 0.3) is 0 Å². The lowest BCUT2D eigenvalue weighted by atomic mass is 10.0. The second-order valence-corrected chi connectivity index (χ2v) is 7.39. The molecule has 140 valence electrons. The van der Waals surface area contributed by atoms with Gasteiger partial charge in [-0.25, -0.2) is 0 Å². The Bertz CT molecular complexity index is 868. The van der Waals surface area contributed by atoms with Crippen LogP contribution in [0.5, 0.6) is 5.75 Å². The summed E-state index contributed by atoms with van der Waals surface area (Å²) in [6.07, 6.45) is 4.93. The lowest BCUT2D eigenvalue weighted by Crippen LogP contribution is -2.23. The van der Waals surface area contributed by atoms with Crippen molar-refractivity contribution in [1.82, 2.24) is 0 Å². The smallest absolute Gasteiger partial charge is 0.310 e. The molecule has 1 atom stereocenters. The zero-order chi connectivity index (χ0) is 19.0. The van der Waals surface area contributed by atoms with E-state index < -0.39 is 11.9 Å². The molecule has 5 nitrogen and oxygen atoms in total. The van der Waals surface area contributed by atoms with Crippen molar-refractivity contribution >= 4 is 17.6 Å². The number of nitrogens with zero attached hydrogens (tertiary/aromatic N) is 1. The predicted molar refractivity (Wildman–Crippen MR) is 102 cm³/mol. The number of hydrogen-bond donors (Lipinski definition) is 1. The molecule has 0 radical (unpaired) electrons. The number of fused-ring (bicyclic) bond motifs is 1. The minimum absolute atomic E-state index is 0.0311. The van der Waals surface area contributed by atoms with E-state index in [-0.39, 0.29) is 5.91 Å². The van der Waals surface area contributed by atoms with Crippen molar-refractivity contribution in [2.45, 2.75) is 51.2 Å². The Kier molecular flexibility index (Phi) is 4.60. The summed E-state index contributed by atoms with van der Waals surface area (Å²) in [5.74, 6) is -0.625. The fraction of sp³-hybridized carbons (Fsp3) is 0.364. The number of amides is 1. The number of benzene rings is 2. The van der Waals surface area contributed by atoms with Gasteiger partial charge in [0.1, 0.15) is 5.75 Å². The average molecular weight is 365 g/mol. The van der Waals surface area contributed by atoms with Crippen LogP contribution in [0, 0.1) is 0 Å². The first kappa shape index (κ1) is 17.6. The van der Waals surface area contributed by atoms with E-state index in [1.165, 1.54) is 12.8 Å². The van der Waals surface area contributed by atoms with Crippen molar-refractivity contribution in [2.24, 2.45) is 0 Å². The molecular weight excluding hydrogens is 342 g/mol. The second-order valence-electron chi connectivity index (χ2n) is 7.39. The topological polar surface area (TPSA) is 66.8 Å². The summed E-state index contributed by atoms with van der Waals surface area (Å²) in [5, 5.41) is 9.13. The maximum Gasteiger partial charge on any atom is 0.310 e. The van der Waals surface area contributed by atoms with Gasteiger partial charge >= 0.3 is 5.97 Å². The van der Waals surface area contributed by atoms with E-state index in [1.807, 2.05) is 30.3 Å². The van der Waals surface area contributed by atoms with Crippen LogP contribution < -0.4 is 9.64 Å². The van der Waals surface area contributed by atoms with Gasteiger partial charge in [0.15, 0.2) is 0 Å². The molecule has 1 unspecified atom stereocenters. The number of anilines is 1. The molecule has 1 N–H and O–H groups in total. The molecule has 1 aliphatic heterocycles. The highest BCUT2D eigenvalue weighted by Gasteiger charge is 2.29. The summed E-state index contributed by atoms with van der Waals surface area (Å²) in [7, 11) is 0. The Balaban J connectivity index is 1.51. The first-order valence-corrected chi connectivity index (χ1v) is 9.47. The number of hydrogen-bond acceptors (Lipinski definition) is 3. The van der Waals surface area contributed by atoms with Crippen LogP contribution in [0.4, 0.5) is 5.69 Å².